The topological polar surface area (TPSA) is 76.1 Å². The number of carbonyl (C=O) groups is 2. The molecule has 0 aromatic heterocycles. The standard InChI is InChI=1S/C32H65NO3.C17H34O2/c1-4-7-10-13-14-17-24-31(23-16-11-8-5-2)30-36-32(35)25-18-15-20-27-33(28-21-22-29-34)26-19-12-9-6-3;1-3-5-7-9-10-12-14-17(15-19-16-18)13-11-8-6-4-2/h31,34H,4-30H2,1-3H3;16-17H,3-15H2,1-2H3. The Hall–Kier alpha value is -1.14. The van der Waals surface area contributed by atoms with Gasteiger partial charge in [-0.25, -0.2) is 0 Å². The minimum Gasteiger partial charge on any atom is -0.468 e. The van der Waals surface area contributed by atoms with Crippen molar-refractivity contribution in [1.29, 1.82) is 0 Å². The molecule has 0 amide bonds. The highest BCUT2D eigenvalue weighted by molar-refractivity contribution is 5.69. The fraction of sp³-hybridized carbons (Fsp3) is 0.959. The summed E-state index contributed by atoms with van der Waals surface area (Å²) in [5, 5.41) is 9.09. The molecular weight excluding hydrogens is 683 g/mol. The highest BCUT2D eigenvalue weighted by Gasteiger charge is 2.13. The van der Waals surface area contributed by atoms with Gasteiger partial charge in [0.1, 0.15) is 0 Å². The van der Waals surface area contributed by atoms with Crippen LogP contribution in [0.1, 0.15) is 253 Å². The third-order valence-electron chi connectivity index (χ3n) is 11.3. The Labute approximate surface area is 344 Å². The Bertz CT molecular complexity index is 734. The summed E-state index contributed by atoms with van der Waals surface area (Å²) in [4.78, 5) is 25.3. The maximum atomic E-state index is 12.4. The second-order valence-electron chi connectivity index (χ2n) is 16.8. The molecule has 0 bridgehead atoms. The van der Waals surface area contributed by atoms with E-state index in [0.29, 0.717) is 44.5 Å². The zero-order valence-electron chi connectivity index (χ0n) is 38.0. The van der Waals surface area contributed by atoms with Gasteiger partial charge in [0.2, 0.25) is 0 Å². The zero-order chi connectivity index (χ0) is 40.7. The number of rotatable bonds is 44. The van der Waals surface area contributed by atoms with Crippen molar-refractivity contribution in [2.45, 2.75) is 253 Å². The van der Waals surface area contributed by atoms with Gasteiger partial charge < -0.3 is 19.5 Å². The highest BCUT2D eigenvalue weighted by atomic mass is 16.5. The summed E-state index contributed by atoms with van der Waals surface area (Å²) in [6.07, 6.45) is 42.3. The molecule has 0 aromatic rings. The summed E-state index contributed by atoms with van der Waals surface area (Å²) < 4.78 is 10.7. The molecule has 55 heavy (non-hydrogen) atoms. The Kier molecular flexibility index (Phi) is 49.9. The lowest BCUT2D eigenvalue weighted by molar-refractivity contribution is -0.145. The van der Waals surface area contributed by atoms with Crippen molar-refractivity contribution in [3.05, 3.63) is 0 Å². The first-order valence-corrected chi connectivity index (χ1v) is 24.6. The minimum atomic E-state index is 0.0101. The van der Waals surface area contributed by atoms with Crippen LogP contribution in [0.5, 0.6) is 0 Å². The van der Waals surface area contributed by atoms with Crippen LogP contribution in [0.15, 0.2) is 0 Å². The molecule has 0 saturated heterocycles. The first kappa shape index (κ1) is 56.0. The molecule has 0 rings (SSSR count). The highest BCUT2D eigenvalue weighted by Crippen LogP contribution is 2.21. The van der Waals surface area contributed by atoms with Gasteiger partial charge in [0.25, 0.3) is 6.47 Å². The number of aliphatic hydroxyl groups is 1. The average Bonchev–Trinajstić information content (AvgIpc) is 3.19. The number of hydrogen-bond donors (Lipinski definition) is 1. The van der Waals surface area contributed by atoms with Crippen LogP contribution in [0, 0.1) is 11.8 Å². The molecule has 0 saturated carbocycles. The molecule has 330 valence electrons. The predicted molar refractivity (Wildman–Crippen MR) is 239 cm³/mol. The maximum Gasteiger partial charge on any atom is 0.305 e. The second kappa shape index (κ2) is 49.0. The fourth-order valence-corrected chi connectivity index (χ4v) is 7.55. The predicted octanol–water partition coefficient (Wildman–Crippen LogP) is 14.6. The van der Waals surface area contributed by atoms with Crippen molar-refractivity contribution in [2.75, 3.05) is 39.5 Å². The molecule has 0 aliphatic rings. The molecule has 6 heteroatoms. The van der Waals surface area contributed by atoms with Crippen molar-refractivity contribution < 1.29 is 24.2 Å². The van der Waals surface area contributed by atoms with E-state index in [1.54, 1.807) is 0 Å². The molecule has 0 aromatic carbocycles. The molecule has 2 unspecified atom stereocenters. The van der Waals surface area contributed by atoms with Crippen molar-refractivity contribution in [1.82, 2.24) is 4.90 Å². The van der Waals surface area contributed by atoms with Gasteiger partial charge in [-0.1, -0.05) is 189 Å². The molecule has 0 heterocycles. The SMILES string of the molecule is CCCCCCCCC(CCCCCC)COC(=O)CCCCCN(CCCCO)CCCCCC.CCCCCCCCC(CCCCCC)COC=O. The van der Waals surface area contributed by atoms with Crippen molar-refractivity contribution in [2.24, 2.45) is 11.8 Å². The Morgan fingerprint density at radius 3 is 1.24 bits per heavy atom. The first-order chi connectivity index (χ1) is 27.0. The van der Waals surface area contributed by atoms with Crippen LogP contribution in [0.2, 0.25) is 0 Å². The quantitative estimate of drug-likeness (QED) is 0.0377. The lowest BCUT2D eigenvalue weighted by Gasteiger charge is -2.22. The summed E-state index contributed by atoms with van der Waals surface area (Å²) in [6, 6.07) is 0. The van der Waals surface area contributed by atoms with E-state index in [0.717, 1.165) is 45.2 Å². The van der Waals surface area contributed by atoms with Crippen molar-refractivity contribution in [3.63, 3.8) is 0 Å². The lowest BCUT2D eigenvalue weighted by Crippen LogP contribution is -2.27. The molecule has 0 spiro atoms. The van der Waals surface area contributed by atoms with E-state index >= 15 is 0 Å². The molecule has 0 radical (unpaired) electrons. The van der Waals surface area contributed by atoms with Crippen LogP contribution >= 0.6 is 0 Å². The summed E-state index contributed by atoms with van der Waals surface area (Å²) in [5.41, 5.74) is 0. The van der Waals surface area contributed by atoms with Crippen molar-refractivity contribution >= 4 is 12.4 Å². The number of esters is 1. The normalized spacial score (nSPS) is 12.3. The van der Waals surface area contributed by atoms with Gasteiger partial charge in [0.05, 0.1) is 13.2 Å². The maximum absolute atomic E-state index is 12.4. The summed E-state index contributed by atoms with van der Waals surface area (Å²) in [7, 11) is 0. The van der Waals surface area contributed by atoms with E-state index in [1.165, 1.54) is 186 Å². The number of ether oxygens (including phenoxy) is 2. The largest absolute Gasteiger partial charge is 0.468 e. The molecule has 0 aliphatic carbocycles. The van der Waals surface area contributed by atoms with Crippen molar-refractivity contribution in [3.8, 4) is 0 Å². The van der Waals surface area contributed by atoms with Crippen LogP contribution in [-0.4, -0.2) is 61.9 Å². The van der Waals surface area contributed by atoms with E-state index < -0.39 is 0 Å². The van der Waals surface area contributed by atoms with Gasteiger partial charge in [-0.05, 0) is 89.3 Å². The Balaban J connectivity index is 0. The Morgan fingerprint density at radius 2 is 0.818 bits per heavy atom. The molecule has 2 atom stereocenters. The summed E-state index contributed by atoms with van der Waals surface area (Å²) in [5.74, 6) is 1.15. The van der Waals surface area contributed by atoms with Gasteiger partial charge in [0.15, 0.2) is 0 Å². The van der Waals surface area contributed by atoms with Crippen LogP contribution in [-0.2, 0) is 19.1 Å². The Morgan fingerprint density at radius 1 is 0.473 bits per heavy atom. The minimum absolute atomic E-state index is 0.0101. The third kappa shape index (κ3) is 45.4. The summed E-state index contributed by atoms with van der Waals surface area (Å²) in [6.45, 7) is 16.8. The van der Waals surface area contributed by atoms with Gasteiger partial charge in [-0.2, -0.15) is 0 Å². The van der Waals surface area contributed by atoms with Crippen LogP contribution < -0.4 is 0 Å². The summed E-state index contributed by atoms with van der Waals surface area (Å²) >= 11 is 0. The van der Waals surface area contributed by atoms with Gasteiger partial charge >= 0.3 is 5.97 Å². The molecule has 0 fully saturated rings. The first-order valence-electron chi connectivity index (χ1n) is 24.6. The number of nitrogens with zero attached hydrogens (tertiary/aromatic N) is 1. The van der Waals surface area contributed by atoms with E-state index in [4.69, 9.17) is 14.6 Å². The number of hydrogen-bond acceptors (Lipinski definition) is 6. The van der Waals surface area contributed by atoms with Gasteiger partial charge in [0, 0.05) is 13.0 Å². The van der Waals surface area contributed by atoms with Gasteiger partial charge in [-0.3, -0.25) is 9.59 Å². The number of aliphatic hydroxyl groups excluding tert-OH is 1. The van der Waals surface area contributed by atoms with E-state index in [2.05, 4.69) is 39.5 Å². The molecular formula is C49H99NO5. The average molecular weight is 782 g/mol. The smallest absolute Gasteiger partial charge is 0.305 e. The number of carbonyl (C=O) groups excluding carboxylic acids is 2. The third-order valence-corrected chi connectivity index (χ3v) is 11.3. The monoisotopic (exact) mass is 782 g/mol. The molecule has 6 nitrogen and oxygen atoms in total. The second-order valence-corrected chi connectivity index (χ2v) is 16.8. The van der Waals surface area contributed by atoms with Crippen LogP contribution in [0.25, 0.3) is 0 Å². The van der Waals surface area contributed by atoms with E-state index in [9.17, 15) is 9.59 Å². The van der Waals surface area contributed by atoms with E-state index in [1.807, 2.05) is 0 Å². The molecule has 1 N–H and O–H groups in total. The fourth-order valence-electron chi connectivity index (χ4n) is 7.55. The van der Waals surface area contributed by atoms with Crippen LogP contribution in [0.3, 0.4) is 0 Å². The van der Waals surface area contributed by atoms with E-state index in [-0.39, 0.29) is 5.97 Å². The molecule has 0 aliphatic heterocycles. The van der Waals surface area contributed by atoms with Crippen LogP contribution in [0.4, 0.5) is 0 Å². The van der Waals surface area contributed by atoms with Gasteiger partial charge in [-0.15, -0.1) is 0 Å². The lowest BCUT2D eigenvalue weighted by atomic mass is 9.95. The number of unbranched alkanes of at least 4 members (excludes halogenated alkanes) is 22. The zero-order valence-corrected chi connectivity index (χ0v) is 38.0.